The van der Waals surface area contributed by atoms with Crippen LogP contribution in [-0.4, -0.2) is 17.0 Å². The molecule has 0 radical (unpaired) electrons. The maximum atomic E-state index is 11.9. The number of nitrogens with zero attached hydrogens (tertiary/aromatic N) is 2. The number of hydrazone groups is 1. The van der Waals surface area contributed by atoms with Crippen LogP contribution < -0.4 is 5.43 Å². The molecule has 1 aromatic carbocycles. The Kier molecular flexibility index (Phi) is 3.68. The van der Waals surface area contributed by atoms with Gasteiger partial charge in [0.25, 0.3) is 11.6 Å². The monoisotopic (exact) mass is 287 g/mol. The zero-order valence-electron chi connectivity index (χ0n) is 11.6. The zero-order valence-corrected chi connectivity index (χ0v) is 11.6. The minimum Gasteiger partial charge on any atom is -0.267 e. The Labute approximate surface area is 122 Å². The largest absolute Gasteiger partial charge is 0.271 e. The van der Waals surface area contributed by atoms with Crippen LogP contribution in [0, 0.1) is 27.9 Å². The van der Waals surface area contributed by atoms with Crippen molar-refractivity contribution >= 4 is 17.8 Å². The van der Waals surface area contributed by atoms with Crippen LogP contribution in [0.25, 0.3) is 0 Å². The Bertz CT molecular complexity index is 582. The second-order valence-electron chi connectivity index (χ2n) is 5.86. The van der Waals surface area contributed by atoms with Gasteiger partial charge in [0.2, 0.25) is 0 Å². The Morgan fingerprint density at radius 1 is 1.29 bits per heavy atom. The van der Waals surface area contributed by atoms with Crippen molar-refractivity contribution in [2.24, 2.45) is 22.9 Å². The van der Waals surface area contributed by atoms with Gasteiger partial charge < -0.3 is 0 Å². The molecule has 1 aromatic rings. The molecule has 0 heterocycles. The molecular weight excluding hydrogens is 270 g/mol. The third kappa shape index (κ3) is 2.94. The zero-order chi connectivity index (χ0) is 14.8. The predicted molar refractivity (Wildman–Crippen MR) is 78.0 cm³/mol. The number of carbonyl (C=O) groups is 1. The van der Waals surface area contributed by atoms with Gasteiger partial charge in [0, 0.05) is 23.9 Å². The molecule has 2 bridgehead atoms. The number of hydrogen-bond donors (Lipinski definition) is 1. The van der Waals surface area contributed by atoms with Crippen molar-refractivity contribution in [3.05, 3.63) is 39.9 Å². The maximum Gasteiger partial charge on any atom is 0.271 e. The lowest BCUT2D eigenvalue weighted by Gasteiger charge is -2.16. The quantitative estimate of drug-likeness (QED) is 0.525. The van der Waals surface area contributed by atoms with Crippen molar-refractivity contribution in [2.75, 3.05) is 0 Å². The smallest absolute Gasteiger partial charge is 0.267 e. The first-order valence-corrected chi connectivity index (χ1v) is 7.21. The van der Waals surface area contributed by atoms with E-state index in [1.807, 2.05) is 6.21 Å². The first-order valence-electron chi connectivity index (χ1n) is 7.21. The molecule has 1 amide bonds. The van der Waals surface area contributed by atoms with E-state index in [4.69, 9.17) is 0 Å². The summed E-state index contributed by atoms with van der Waals surface area (Å²) in [5, 5.41) is 14.6. The number of fused-ring (bicyclic) bond motifs is 2. The van der Waals surface area contributed by atoms with Crippen LogP contribution in [-0.2, 0) is 0 Å². The number of amides is 1. The lowest BCUT2D eigenvalue weighted by atomic mass is 9.90. The summed E-state index contributed by atoms with van der Waals surface area (Å²) in [6.07, 6.45) is 6.95. The van der Waals surface area contributed by atoms with Crippen LogP contribution in [0.15, 0.2) is 29.4 Å². The highest BCUT2D eigenvalue weighted by atomic mass is 16.6. The Hall–Kier alpha value is -2.24. The van der Waals surface area contributed by atoms with Gasteiger partial charge in [0.15, 0.2) is 0 Å². The molecule has 1 N–H and O–H groups in total. The maximum absolute atomic E-state index is 11.9. The summed E-state index contributed by atoms with van der Waals surface area (Å²) >= 11 is 0. The van der Waals surface area contributed by atoms with Crippen LogP contribution in [0.1, 0.15) is 36.0 Å². The standard InChI is InChI=1S/C15H17N3O3/c19-15(11-3-5-14(6-4-11)18(20)21)17-16-9-13-8-10-1-2-12(13)7-10/h3-6,9-10,12-13H,1-2,7-8H2,(H,17,19)/b16-9+. The Morgan fingerprint density at radius 3 is 2.62 bits per heavy atom. The lowest BCUT2D eigenvalue weighted by molar-refractivity contribution is -0.384. The molecular formula is C15H17N3O3. The molecule has 0 spiro atoms. The normalized spacial score (nSPS) is 27.1. The number of non-ortho nitro benzene ring substituents is 1. The molecule has 2 fully saturated rings. The van der Waals surface area contributed by atoms with E-state index in [1.165, 1.54) is 49.9 Å². The summed E-state index contributed by atoms with van der Waals surface area (Å²) in [7, 11) is 0. The summed E-state index contributed by atoms with van der Waals surface area (Å²) in [5.74, 6) is 1.72. The van der Waals surface area contributed by atoms with Crippen molar-refractivity contribution in [3.8, 4) is 0 Å². The number of nitro benzene ring substituents is 1. The predicted octanol–water partition coefficient (Wildman–Crippen LogP) is 2.75. The van der Waals surface area contributed by atoms with Crippen LogP contribution in [0.4, 0.5) is 5.69 Å². The highest BCUT2D eigenvalue weighted by Gasteiger charge is 2.38. The average molecular weight is 287 g/mol. The molecule has 0 aromatic heterocycles. The van der Waals surface area contributed by atoms with E-state index >= 15 is 0 Å². The molecule has 6 heteroatoms. The third-order valence-corrected chi connectivity index (χ3v) is 4.57. The molecule has 3 rings (SSSR count). The summed E-state index contributed by atoms with van der Waals surface area (Å²) in [5.41, 5.74) is 2.83. The van der Waals surface area contributed by atoms with Gasteiger partial charge in [-0.15, -0.1) is 0 Å². The lowest BCUT2D eigenvalue weighted by Crippen LogP contribution is -2.20. The van der Waals surface area contributed by atoms with Gasteiger partial charge >= 0.3 is 0 Å². The summed E-state index contributed by atoms with van der Waals surface area (Å²) in [4.78, 5) is 21.9. The second-order valence-corrected chi connectivity index (χ2v) is 5.86. The van der Waals surface area contributed by atoms with Gasteiger partial charge in [0.05, 0.1) is 4.92 Å². The third-order valence-electron chi connectivity index (χ3n) is 4.57. The van der Waals surface area contributed by atoms with Gasteiger partial charge in [-0.05, 0) is 49.1 Å². The van der Waals surface area contributed by atoms with E-state index < -0.39 is 4.92 Å². The van der Waals surface area contributed by atoms with Crippen LogP contribution in [0.5, 0.6) is 0 Å². The number of benzene rings is 1. The minimum atomic E-state index is -0.491. The van der Waals surface area contributed by atoms with Gasteiger partial charge in [-0.3, -0.25) is 14.9 Å². The molecule has 2 saturated carbocycles. The number of carbonyl (C=O) groups excluding carboxylic acids is 1. The van der Waals surface area contributed by atoms with Crippen molar-refractivity contribution in [1.82, 2.24) is 5.43 Å². The number of hydrogen-bond acceptors (Lipinski definition) is 4. The van der Waals surface area contributed by atoms with Crippen molar-refractivity contribution in [3.63, 3.8) is 0 Å². The van der Waals surface area contributed by atoms with Crippen LogP contribution in [0.2, 0.25) is 0 Å². The Balaban J connectivity index is 1.55. The summed E-state index contributed by atoms with van der Waals surface area (Å²) in [6.45, 7) is 0. The molecule has 2 aliphatic rings. The van der Waals surface area contributed by atoms with E-state index in [1.54, 1.807) is 0 Å². The topological polar surface area (TPSA) is 84.6 Å². The Morgan fingerprint density at radius 2 is 2.05 bits per heavy atom. The number of nitrogens with one attached hydrogen (secondary N) is 1. The molecule has 21 heavy (non-hydrogen) atoms. The van der Waals surface area contributed by atoms with Crippen molar-refractivity contribution in [1.29, 1.82) is 0 Å². The average Bonchev–Trinajstić information content (AvgIpc) is 3.10. The molecule has 110 valence electrons. The summed E-state index contributed by atoms with van der Waals surface area (Å²) < 4.78 is 0. The minimum absolute atomic E-state index is 0.0305. The second kappa shape index (κ2) is 5.63. The van der Waals surface area contributed by atoms with E-state index in [0.29, 0.717) is 11.5 Å². The van der Waals surface area contributed by atoms with E-state index in [2.05, 4.69) is 10.5 Å². The van der Waals surface area contributed by atoms with Gasteiger partial charge in [-0.1, -0.05) is 6.42 Å². The first kappa shape index (κ1) is 13.7. The fourth-order valence-electron chi connectivity index (χ4n) is 3.47. The van der Waals surface area contributed by atoms with E-state index in [0.717, 1.165) is 11.8 Å². The van der Waals surface area contributed by atoms with E-state index in [9.17, 15) is 14.9 Å². The number of rotatable bonds is 4. The summed E-state index contributed by atoms with van der Waals surface area (Å²) in [6, 6.07) is 5.49. The fourth-order valence-corrected chi connectivity index (χ4v) is 3.47. The van der Waals surface area contributed by atoms with Crippen LogP contribution in [0.3, 0.4) is 0 Å². The fraction of sp³-hybridized carbons (Fsp3) is 0.467. The van der Waals surface area contributed by atoms with Crippen molar-refractivity contribution < 1.29 is 9.72 Å². The molecule has 3 unspecified atom stereocenters. The molecule has 3 atom stereocenters. The molecule has 6 nitrogen and oxygen atoms in total. The molecule has 2 aliphatic carbocycles. The molecule has 0 aliphatic heterocycles. The van der Waals surface area contributed by atoms with Gasteiger partial charge in [0.1, 0.15) is 0 Å². The van der Waals surface area contributed by atoms with Gasteiger partial charge in [-0.2, -0.15) is 5.10 Å². The van der Waals surface area contributed by atoms with Crippen LogP contribution >= 0.6 is 0 Å². The van der Waals surface area contributed by atoms with Gasteiger partial charge in [-0.25, -0.2) is 5.43 Å². The van der Waals surface area contributed by atoms with E-state index in [-0.39, 0.29) is 11.6 Å². The van der Waals surface area contributed by atoms with Crippen molar-refractivity contribution in [2.45, 2.75) is 25.7 Å². The highest BCUT2D eigenvalue weighted by molar-refractivity contribution is 5.94. The highest BCUT2D eigenvalue weighted by Crippen LogP contribution is 2.47. The first-order chi connectivity index (χ1) is 10.1. The molecule has 0 saturated heterocycles. The SMILES string of the molecule is O=C(N/N=C/C1CC2CCC1C2)c1ccc([N+](=O)[O-])cc1. The number of nitro groups is 1.